The molecule has 1 aliphatic heterocycles. The Bertz CT molecular complexity index is 901. The molecule has 3 rings (SSSR count). The highest BCUT2D eigenvalue weighted by Crippen LogP contribution is 2.26. The maximum atomic E-state index is 12.8. The minimum Gasteiger partial charge on any atom is -0.496 e. The van der Waals surface area contributed by atoms with Crippen LogP contribution in [0, 0.1) is 13.8 Å². The molecule has 1 fully saturated rings. The highest BCUT2D eigenvalue weighted by Gasteiger charge is 2.32. The summed E-state index contributed by atoms with van der Waals surface area (Å²) in [4.78, 5) is 33.4. The molecule has 7 nitrogen and oxygen atoms in total. The zero-order valence-corrected chi connectivity index (χ0v) is 18.1. The van der Waals surface area contributed by atoms with Crippen LogP contribution < -0.4 is 10.1 Å². The Morgan fingerprint density at radius 1 is 1.27 bits per heavy atom. The van der Waals surface area contributed by atoms with Gasteiger partial charge in [0.25, 0.3) is 0 Å². The first kappa shape index (κ1) is 21.8. The molecule has 0 aliphatic carbocycles. The molecule has 2 heterocycles. The Morgan fingerprint density at radius 2 is 2.07 bits per heavy atom. The van der Waals surface area contributed by atoms with E-state index >= 15 is 0 Å². The van der Waals surface area contributed by atoms with E-state index < -0.39 is 6.04 Å². The lowest BCUT2D eigenvalue weighted by Gasteiger charge is -2.36. The summed E-state index contributed by atoms with van der Waals surface area (Å²) in [7, 11) is 3.42. The minimum absolute atomic E-state index is 0.0738. The maximum Gasteiger partial charge on any atom is 0.237 e. The van der Waals surface area contributed by atoms with Crippen LogP contribution in [0.1, 0.15) is 28.8 Å². The van der Waals surface area contributed by atoms with Gasteiger partial charge in [-0.15, -0.1) is 0 Å². The Hall–Kier alpha value is -2.93. The third-order valence-electron chi connectivity index (χ3n) is 5.80. The van der Waals surface area contributed by atoms with Gasteiger partial charge in [0, 0.05) is 32.9 Å². The van der Waals surface area contributed by atoms with Gasteiger partial charge in [-0.05, 0) is 48.7 Å². The van der Waals surface area contributed by atoms with Crippen molar-refractivity contribution >= 4 is 11.8 Å². The number of piperazine rings is 1. The summed E-state index contributed by atoms with van der Waals surface area (Å²) in [5.41, 5.74) is 4.21. The van der Waals surface area contributed by atoms with Crippen molar-refractivity contribution in [2.45, 2.75) is 39.4 Å². The summed E-state index contributed by atoms with van der Waals surface area (Å²) in [6.07, 6.45) is 1.85. The molecule has 7 heteroatoms. The SMILES string of the molecule is COc1ccc(CN2CCNC(=O)[C@@H]2CC(=O)N(C)Cc2ccccn2)c(C)c1C. The van der Waals surface area contributed by atoms with Gasteiger partial charge < -0.3 is 15.0 Å². The third kappa shape index (κ3) is 4.97. The molecule has 1 aliphatic rings. The molecule has 1 saturated heterocycles. The molecule has 0 radical (unpaired) electrons. The van der Waals surface area contributed by atoms with Crippen LogP contribution in [0.25, 0.3) is 0 Å². The number of hydrogen-bond acceptors (Lipinski definition) is 5. The second-order valence-corrected chi connectivity index (χ2v) is 7.73. The highest BCUT2D eigenvalue weighted by atomic mass is 16.5. The number of nitrogens with one attached hydrogen (secondary N) is 1. The Kier molecular flexibility index (Phi) is 7.05. The molecule has 0 bridgehead atoms. The van der Waals surface area contributed by atoms with Crippen molar-refractivity contribution in [1.82, 2.24) is 20.1 Å². The largest absolute Gasteiger partial charge is 0.496 e. The lowest BCUT2D eigenvalue weighted by Crippen LogP contribution is -2.56. The summed E-state index contributed by atoms with van der Waals surface area (Å²) >= 11 is 0. The van der Waals surface area contributed by atoms with Gasteiger partial charge in [-0.3, -0.25) is 19.5 Å². The normalized spacial score (nSPS) is 16.8. The summed E-state index contributed by atoms with van der Waals surface area (Å²) in [6.45, 7) is 6.43. The topological polar surface area (TPSA) is 74.8 Å². The standard InChI is InChI=1S/C23H30N4O3/c1-16-17(2)21(30-4)9-8-18(16)14-27-12-11-25-23(29)20(27)13-22(28)26(3)15-19-7-5-6-10-24-19/h5-10,20H,11-15H2,1-4H3,(H,25,29)/t20-/m0/s1. The zero-order chi connectivity index (χ0) is 21.7. The lowest BCUT2D eigenvalue weighted by atomic mass is 10.00. The summed E-state index contributed by atoms with van der Waals surface area (Å²) in [6, 6.07) is 9.15. The average molecular weight is 411 g/mol. The molecular formula is C23H30N4O3. The van der Waals surface area contributed by atoms with Crippen LogP contribution in [-0.4, -0.2) is 59.9 Å². The lowest BCUT2D eigenvalue weighted by molar-refractivity contribution is -0.138. The fourth-order valence-electron chi connectivity index (χ4n) is 3.78. The monoisotopic (exact) mass is 410 g/mol. The van der Waals surface area contributed by atoms with E-state index in [0.717, 1.165) is 28.1 Å². The van der Waals surface area contributed by atoms with E-state index in [1.807, 2.05) is 37.3 Å². The second-order valence-electron chi connectivity index (χ2n) is 7.73. The molecule has 0 saturated carbocycles. The van der Waals surface area contributed by atoms with Gasteiger partial charge in [-0.1, -0.05) is 12.1 Å². The van der Waals surface area contributed by atoms with Crippen molar-refractivity contribution in [3.05, 3.63) is 58.9 Å². The quantitative estimate of drug-likeness (QED) is 0.756. The Morgan fingerprint density at radius 3 is 2.77 bits per heavy atom. The number of pyridine rings is 1. The minimum atomic E-state index is -0.487. The van der Waals surface area contributed by atoms with Crippen molar-refractivity contribution in [2.24, 2.45) is 0 Å². The number of methoxy groups -OCH3 is 1. The van der Waals surface area contributed by atoms with E-state index in [-0.39, 0.29) is 18.2 Å². The van der Waals surface area contributed by atoms with E-state index in [0.29, 0.717) is 26.2 Å². The van der Waals surface area contributed by atoms with Crippen molar-refractivity contribution in [3.63, 3.8) is 0 Å². The maximum absolute atomic E-state index is 12.8. The van der Waals surface area contributed by atoms with E-state index in [1.54, 1.807) is 25.3 Å². The van der Waals surface area contributed by atoms with Gasteiger partial charge in [0.2, 0.25) is 11.8 Å². The fourth-order valence-corrected chi connectivity index (χ4v) is 3.78. The zero-order valence-electron chi connectivity index (χ0n) is 18.1. The molecule has 1 aromatic carbocycles. The molecule has 160 valence electrons. The van der Waals surface area contributed by atoms with Crippen LogP contribution >= 0.6 is 0 Å². The number of hydrogen-bond donors (Lipinski definition) is 1. The first-order valence-electron chi connectivity index (χ1n) is 10.2. The number of carbonyl (C=O) groups excluding carboxylic acids is 2. The molecule has 0 unspecified atom stereocenters. The van der Waals surface area contributed by atoms with Gasteiger partial charge in [-0.2, -0.15) is 0 Å². The number of nitrogens with zero attached hydrogens (tertiary/aromatic N) is 3. The third-order valence-corrected chi connectivity index (χ3v) is 5.80. The summed E-state index contributed by atoms with van der Waals surface area (Å²) in [5.74, 6) is 0.689. The number of amides is 2. The van der Waals surface area contributed by atoms with Crippen LogP contribution in [0.15, 0.2) is 36.5 Å². The number of benzene rings is 1. The van der Waals surface area contributed by atoms with Crippen molar-refractivity contribution < 1.29 is 14.3 Å². The molecule has 2 amide bonds. The van der Waals surface area contributed by atoms with Crippen molar-refractivity contribution in [3.8, 4) is 5.75 Å². The van der Waals surface area contributed by atoms with Gasteiger partial charge in [0.1, 0.15) is 5.75 Å². The van der Waals surface area contributed by atoms with Crippen LogP contribution in [0.3, 0.4) is 0 Å². The molecule has 1 atom stereocenters. The van der Waals surface area contributed by atoms with Gasteiger partial charge in [0.15, 0.2) is 0 Å². The molecule has 1 N–H and O–H groups in total. The summed E-state index contributed by atoms with van der Waals surface area (Å²) in [5, 5.41) is 2.90. The van der Waals surface area contributed by atoms with E-state index in [4.69, 9.17) is 4.74 Å². The first-order valence-corrected chi connectivity index (χ1v) is 10.2. The van der Waals surface area contributed by atoms with E-state index in [9.17, 15) is 9.59 Å². The van der Waals surface area contributed by atoms with E-state index in [2.05, 4.69) is 22.1 Å². The van der Waals surface area contributed by atoms with Crippen LogP contribution in [0.5, 0.6) is 5.75 Å². The van der Waals surface area contributed by atoms with Crippen LogP contribution in [-0.2, 0) is 22.7 Å². The van der Waals surface area contributed by atoms with Gasteiger partial charge >= 0.3 is 0 Å². The molecule has 0 spiro atoms. The Labute approximate surface area is 178 Å². The summed E-state index contributed by atoms with van der Waals surface area (Å²) < 4.78 is 5.40. The predicted octanol–water partition coefficient (Wildman–Crippen LogP) is 2.06. The van der Waals surface area contributed by atoms with Crippen LogP contribution in [0.2, 0.25) is 0 Å². The Balaban J connectivity index is 1.71. The smallest absolute Gasteiger partial charge is 0.237 e. The number of ether oxygens (including phenoxy) is 1. The highest BCUT2D eigenvalue weighted by molar-refractivity contribution is 5.88. The van der Waals surface area contributed by atoms with Crippen molar-refractivity contribution in [2.75, 3.05) is 27.2 Å². The number of carbonyl (C=O) groups is 2. The molecule has 1 aromatic heterocycles. The average Bonchev–Trinajstić information content (AvgIpc) is 2.74. The van der Waals surface area contributed by atoms with Crippen LogP contribution in [0.4, 0.5) is 0 Å². The molecular weight excluding hydrogens is 380 g/mol. The predicted molar refractivity (Wildman–Crippen MR) is 115 cm³/mol. The van der Waals surface area contributed by atoms with Crippen molar-refractivity contribution in [1.29, 1.82) is 0 Å². The van der Waals surface area contributed by atoms with E-state index in [1.165, 1.54) is 0 Å². The fraction of sp³-hybridized carbons (Fsp3) is 0.435. The van der Waals surface area contributed by atoms with Gasteiger partial charge in [0.05, 0.1) is 31.8 Å². The molecule has 30 heavy (non-hydrogen) atoms. The first-order chi connectivity index (χ1) is 14.4. The van der Waals surface area contributed by atoms with Gasteiger partial charge in [-0.25, -0.2) is 0 Å². The number of aromatic nitrogens is 1. The second kappa shape index (κ2) is 9.71. The number of rotatable bonds is 7. The molecule has 2 aromatic rings.